The van der Waals surface area contributed by atoms with Gasteiger partial charge in [-0.2, -0.15) is 0 Å². The van der Waals surface area contributed by atoms with E-state index in [1.54, 1.807) is 6.26 Å². The van der Waals surface area contributed by atoms with E-state index in [2.05, 4.69) is 17.0 Å². The molecule has 3 heterocycles. The smallest absolute Gasteiger partial charge is 0.241 e. The summed E-state index contributed by atoms with van der Waals surface area (Å²) in [6, 6.07) is 14.1. The van der Waals surface area contributed by atoms with Crippen molar-refractivity contribution in [2.24, 2.45) is 0 Å². The molecule has 2 saturated heterocycles. The van der Waals surface area contributed by atoms with Gasteiger partial charge in [0.25, 0.3) is 0 Å². The van der Waals surface area contributed by atoms with Crippen LogP contribution in [-0.4, -0.2) is 28.3 Å². The maximum Gasteiger partial charge on any atom is 0.241 e. The number of amides is 1. The topological polar surface area (TPSA) is 36.7 Å². The summed E-state index contributed by atoms with van der Waals surface area (Å²) in [4.78, 5) is 17.2. The van der Waals surface area contributed by atoms with E-state index < -0.39 is 0 Å². The zero-order valence-electron chi connectivity index (χ0n) is 12.5. The Balaban J connectivity index is 1.68. The van der Waals surface area contributed by atoms with Crippen LogP contribution in [0.1, 0.15) is 36.8 Å². The molecule has 0 aliphatic carbocycles. The molecule has 0 saturated carbocycles. The Labute approximate surface area is 130 Å². The van der Waals surface area contributed by atoms with E-state index in [-0.39, 0.29) is 18.1 Å². The zero-order valence-corrected chi connectivity index (χ0v) is 12.5. The Morgan fingerprint density at radius 3 is 2.73 bits per heavy atom. The predicted molar refractivity (Wildman–Crippen MR) is 82.8 cm³/mol. The maximum absolute atomic E-state index is 12.9. The highest BCUT2D eigenvalue weighted by Gasteiger charge is 2.48. The largest absolute Gasteiger partial charge is 0.466 e. The minimum atomic E-state index is -0.0620. The molecule has 2 atom stereocenters. The fraction of sp³-hybridized carbons (Fsp3) is 0.389. The molecule has 1 aromatic heterocycles. The molecule has 0 N–H and O–H groups in total. The first-order valence-electron chi connectivity index (χ1n) is 7.98. The molecule has 114 valence electrons. The summed E-state index contributed by atoms with van der Waals surface area (Å²) in [5, 5.41) is 0. The zero-order chi connectivity index (χ0) is 14.9. The molecule has 1 aromatic carbocycles. The van der Waals surface area contributed by atoms with E-state index in [0.717, 1.165) is 37.1 Å². The van der Waals surface area contributed by atoms with Crippen LogP contribution in [0.5, 0.6) is 0 Å². The number of furan rings is 1. The minimum Gasteiger partial charge on any atom is -0.466 e. The molecule has 1 unspecified atom stereocenters. The Kier molecular flexibility index (Phi) is 3.47. The van der Waals surface area contributed by atoms with E-state index >= 15 is 0 Å². The van der Waals surface area contributed by atoms with Crippen molar-refractivity contribution in [1.82, 2.24) is 9.80 Å². The predicted octanol–water partition coefficient (Wildman–Crippen LogP) is 3.18. The second kappa shape index (κ2) is 5.61. The van der Waals surface area contributed by atoms with Crippen LogP contribution in [0.15, 0.2) is 53.1 Å². The summed E-state index contributed by atoms with van der Waals surface area (Å²) in [6.07, 6.45) is 4.88. The number of piperidine rings is 1. The minimum absolute atomic E-state index is 0.0209. The van der Waals surface area contributed by atoms with E-state index in [1.165, 1.54) is 0 Å². The molecule has 0 spiro atoms. The highest BCUT2D eigenvalue weighted by molar-refractivity contribution is 5.84. The van der Waals surface area contributed by atoms with Crippen molar-refractivity contribution in [3.8, 4) is 0 Å². The van der Waals surface area contributed by atoms with Crippen LogP contribution >= 0.6 is 0 Å². The Hall–Kier alpha value is -2.07. The summed E-state index contributed by atoms with van der Waals surface area (Å²) < 4.78 is 5.65. The average Bonchev–Trinajstić information content (AvgIpc) is 3.17. The number of benzene rings is 1. The van der Waals surface area contributed by atoms with Crippen molar-refractivity contribution >= 4 is 5.91 Å². The third kappa shape index (κ3) is 2.24. The van der Waals surface area contributed by atoms with E-state index in [4.69, 9.17) is 4.42 Å². The number of fused-ring (bicyclic) bond motifs is 1. The van der Waals surface area contributed by atoms with Crippen molar-refractivity contribution < 1.29 is 9.21 Å². The molecule has 1 amide bonds. The SMILES string of the molecule is O=C1C2CCCCN2[C@@H](c2ccco2)N1Cc1ccccc1. The molecule has 2 aromatic rings. The second-order valence-corrected chi connectivity index (χ2v) is 6.09. The number of carbonyl (C=O) groups is 1. The van der Waals surface area contributed by atoms with Gasteiger partial charge in [0.05, 0.1) is 12.3 Å². The summed E-state index contributed by atoms with van der Waals surface area (Å²) >= 11 is 0. The number of carbonyl (C=O) groups excluding carboxylic acids is 1. The molecule has 0 bridgehead atoms. The highest BCUT2D eigenvalue weighted by atomic mass is 16.3. The monoisotopic (exact) mass is 296 g/mol. The summed E-state index contributed by atoms with van der Waals surface area (Å²) in [6.45, 7) is 1.60. The van der Waals surface area contributed by atoms with Crippen LogP contribution in [0.25, 0.3) is 0 Å². The van der Waals surface area contributed by atoms with Gasteiger partial charge < -0.3 is 9.32 Å². The molecule has 4 rings (SSSR count). The van der Waals surface area contributed by atoms with Crippen molar-refractivity contribution in [2.45, 2.75) is 38.0 Å². The second-order valence-electron chi connectivity index (χ2n) is 6.09. The Morgan fingerprint density at radius 2 is 1.95 bits per heavy atom. The van der Waals surface area contributed by atoms with Crippen molar-refractivity contribution in [2.75, 3.05) is 6.54 Å². The van der Waals surface area contributed by atoms with Gasteiger partial charge in [-0.3, -0.25) is 9.69 Å². The summed E-state index contributed by atoms with van der Waals surface area (Å²) in [7, 11) is 0. The van der Waals surface area contributed by atoms with Gasteiger partial charge in [0.15, 0.2) is 0 Å². The lowest BCUT2D eigenvalue weighted by Gasteiger charge is -2.32. The van der Waals surface area contributed by atoms with Gasteiger partial charge in [-0.15, -0.1) is 0 Å². The number of nitrogens with zero attached hydrogens (tertiary/aromatic N) is 2. The first-order valence-corrected chi connectivity index (χ1v) is 7.98. The van der Waals surface area contributed by atoms with Crippen LogP contribution < -0.4 is 0 Å². The van der Waals surface area contributed by atoms with Gasteiger partial charge in [0, 0.05) is 13.1 Å². The fourth-order valence-corrected chi connectivity index (χ4v) is 3.70. The van der Waals surface area contributed by atoms with E-state index in [0.29, 0.717) is 6.54 Å². The van der Waals surface area contributed by atoms with Crippen molar-refractivity contribution in [3.05, 3.63) is 60.1 Å². The van der Waals surface area contributed by atoms with Crippen molar-refractivity contribution in [3.63, 3.8) is 0 Å². The lowest BCUT2D eigenvalue weighted by Crippen LogP contribution is -2.38. The standard InChI is InChI=1S/C18H20N2O2/c21-18-15-9-4-5-11-19(15)17(16-10-6-12-22-16)20(18)13-14-7-2-1-3-8-14/h1-3,6-8,10,12,15,17H,4-5,9,11,13H2/t15?,17-/m1/s1. The van der Waals surface area contributed by atoms with Crippen LogP contribution in [0.3, 0.4) is 0 Å². The fourth-order valence-electron chi connectivity index (χ4n) is 3.70. The summed E-state index contributed by atoms with van der Waals surface area (Å²) in [5.74, 6) is 1.11. The quantitative estimate of drug-likeness (QED) is 0.873. The Morgan fingerprint density at radius 1 is 1.09 bits per heavy atom. The van der Waals surface area contributed by atoms with Gasteiger partial charge in [-0.05, 0) is 30.5 Å². The van der Waals surface area contributed by atoms with Crippen LogP contribution in [0.2, 0.25) is 0 Å². The maximum atomic E-state index is 12.9. The molecule has 22 heavy (non-hydrogen) atoms. The molecule has 2 fully saturated rings. The highest BCUT2D eigenvalue weighted by Crippen LogP contribution is 2.39. The third-order valence-electron chi connectivity index (χ3n) is 4.72. The molecule has 0 radical (unpaired) electrons. The van der Waals surface area contributed by atoms with Gasteiger partial charge in [-0.25, -0.2) is 0 Å². The lowest BCUT2D eigenvalue weighted by atomic mass is 10.0. The first-order chi connectivity index (χ1) is 10.8. The molecule has 2 aliphatic rings. The van der Waals surface area contributed by atoms with Crippen LogP contribution in [0, 0.1) is 0 Å². The normalized spacial score (nSPS) is 25.5. The molecular formula is C18H20N2O2. The first kappa shape index (κ1) is 13.6. The summed E-state index contributed by atoms with van der Waals surface area (Å²) in [5.41, 5.74) is 1.16. The van der Waals surface area contributed by atoms with E-state index in [9.17, 15) is 4.79 Å². The Bertz CT molecular complexity index is 638. The average molecular weight is 296 g/mol. The van der Waals surface area contributed by atoms with Gasteiger partial charge >= 0.3 is 0 Å². The lowest BCUT2D eigenvalue weighted by molar-refractivity contribution is -0.131. The van der Waals surface area contributed by atoms with Crippen LogP contribution in [0.4, 0.5) is 0 Å². The van der Waals surface area contributed by atoms with E-state index in [1.807, 2.05) is 35.2 Å². The van der Waals surface area contributed by atoms with Gasteiger partial charge in [0.1, 0.15) is 11.9 Å². The van der Waals surface area contributed by atoms with Crippen LogP contribution in [-0.2, 0) is 11.3 Å². The van der Waals surface area contributed by atoms with Gasteiger partial charge in [0.2, 0.25) is 5.91 Å². The number of hydrogen-bond donors (Lipinski definition) is 0. The molecule has 4 heteroatoms. The number of hydrogen-bond acceptors (Lipinski definition) is 3. The third-order valence-corrected chi connectivity index (χ3v) is 4.72. The molecule has 4 nitrogen and oxygen atoms in total. The van der Waals surface area contributed by atoms with Crippen molar-refractivity contribution in [1.29, 1.82) is 0 Å². The molecular weight excluding hydrogens is 276 g/mol. The number of rotatable bonds is 3. The van der Waals surface area contributed by atoms with Gasteiger partial charge in [-0.1, -0.05) is 36.8 Å². The molecule has 2 aliphatic heterocycles.